The molecule has 10 heteroatoms. The van der Waals surface area contributed by atoms with Crippen molar-refractivity contribution in [2.75, 3.05) is 25.6 Å². The number of carbonyl (C=O) groups is 1. The van der Waals surface area contributed by atoms with Crippen LogP contribution in [0, 0.1) is 0 Å². The van der Waals surface area contributed by atoms with Crippen LogP contribution in [0.2, 0.25) is 0 Å². The van der Waals surface area contributed by atoms with Crippen molar-refractivity contribution in [1.82, 2.24) is 20.5 Å². The van der Waals surface area contributed by atoms with Crippen molar-refractivity contribution < 1.29 is 24.5 Å². The van der Waals surface area contributed by atoms with Gasteiger partial charge in [-0.05, 0) is 44.5 Å². The SMILES string of the molecule is COc1ccccc1-c1n[nH]c(CCC(C)(C)NCC(O)c2ccc(O)c3c2OCC(=O)N3)n1. The number of aromatic nitrogens is 3. The van der Waals surface area contributed by atoms with Crippen LogP contribution in [-0.4, -0.2) is 57.1 Å². The second kappa shape index (κ2) is 9.70. The third kappa shape index (κ3) is 5.13. The van der Waals surface area contributed by atoms with Crippen molar-refractivity contribution in [3.05, 3.63) is 47.8 Å². The number of nitrogens with zero attached hydrogens (tertiary/aromatic N) is 2. The van der Waals surface area contributed by atoms with Gasteiger partial charge in [0.05, 0.1) is 18.8 Å². The molecule has 5 N–H and O–H groups in total. The van der Waals surface area contributed by atoms with Crippen LogP contribution >= 0.6 is 0 Å². The van der Waals surface area contributed by atoms with Gasteiger partial charge in [0, 0.05) is 24.1 Å². The van der Waals surface area contributed by atoms with E-state index in [0.717, 1.165) is 17.8 Å². The fourth-order valence-electron chi connectivity index (χ4n) is 3.80. The van der Waals surface area contributed by atoms with Crippen molar-refractivity contribution >= 4 is 11.6 Å². The average Bonchev–Trinajstić information content (AvgIpc) is 3.31. The zero-order valence-electron chi connectivity index (χ0n) is 19.4. The number of anilines is 1. The average molecular weight is 468 g/mol. The molecule has 180 valence electrons. The molecule has 0 aliphatic carbocycles. The number of phenols is 1. The lowest BCUT2D eigenvalue weighted by Gasteiger charge is -2.29. The van der Waals surface area contributed by atoms with Gasteiger partial charge in [0.25, 0.3) is 5.91 Å². The number of benzene rings is 2. The highest BCUT2D eigenvalue weighted by molar-refractivity contribution is 5.97. The molecule has 0 bridgehead atoms. The molecule has 10 nitrogen and oxygen atoms in total. The summed E-state index contributed by atoms with van der Waals surface area (Å²) in [5.41, 5.74) is 1.18. The van der Waals surface area contributed by atoms with Crippen LogP contribution in [0.1, 0.15) is 37.8 Å². The van der Waals surface area contributed by atoms with Gasteiger partial charge in [-0.2, -0.15) is 5.10 Å². The molecular formula is C24H29N5O5. The molecule has 4 rings (SSSR count). The maximum absolute atomic E-state index is 11.6. The molecule has 1 aromatic heterocycles. The van der Waals surface area contributed by atoms with Gasteiger partial charge >= 0.3 is 0 Å². The van der Waals surface area contributed by atoms with E-state index in [2.05, 4.69) is 25.8 Å². The van der Waals surface area contributed by atoms with Crippen molar-refractivity contribution in [3.63, 3.8) is 0 Å². The molecule has 2 heterocycles. The normalized spacial score (nSPS) is 14.2. The van der Waals surface area contributed by atoms with Crippen LogP contribution in [0.5, 0.6) is 17.2 Å². The number of nitrogens with one attached hydrogen (secondary N) is 3. The lowest BCUT2D eigenvalue weighted by molar-refractivity contribution is -0.118. The zero-order chi connectivity index (χ0) is 24.3. The van der Waals surface area contributed by atoms with E-state index in [1.807, 2.05) is 38.1 Å². The van der Waals surface area contributed by atoms with Crippen molar-refractivity contribution in [3.8, 4) is 28.6 Å². The highest BCUT2D eigenvalue weighted by atomic mass is 16.5. The van der Waals surface area contributed by atoms with Gasteiger partial charge < -0.3 is 30.3 Å². The largest absolute Gasteiger partial charge is 0.506 e. The Morgan fingerprint density at radius 2 is 2.06 bits per heavy atom. The van der Waals surface area contributed by atoms with Crippen LogP contribution < -0.4 is 20.1 Å². The van der Waals surface area contributed by atoms with E-state index in [-0.39, 0.29) is 41.8 Å². The predicted molar refractivity (Wildman–Crippen MR) is 126 cm³/mol. The Morgan fingerprint density at radius 1 is 1.26 bits per heavy atom. The Labute approximate surface area is 197 Å². The lowest BCUT2D eigenvalue weighted by atomic mass is 9.97. The molecule has 1 aliphatic heterocycles. The number of rotatable bonds is 9. The van der Waals surface area contributed by atoms with Crippen LogP contribution in [0.15, 0.2) is 36.4 Å². The highest BCUT2D eigenvalue weighted by Gasteiger charge is 2.27. The van der Waals surface area contributed by atoms with Crippen LogP contribution in [-0.2, 0) is 11.2 Å². The summed E-state index contributed by atoms with van der Waals surface area (Å²) in [6, 6.07) is 10.6. The van der Waals surface area contributed by atoms with Gasteiger partial charge in [0.2, 0.25) is 0 Å². The predicted octanol–water partition coefficient (Wildman–Crippen LogP) is 2.55. The Bertz CT molecular complexity index is 1180. The summed E-state index contributed by atoms with van der Waals surface area (Å²) in [4.78, 5) is 16.2. The number of hydrogen-bond acceptors (Lipinski definition) is 8. The summed E-state index contributed by atoms with van der Waals surface area (Å²) in [6.45, 7) is 4.17. The number of H-pyrrole nitrogens is 1. The molecule has 0 spiro atoms. The Kier molecular flexibility index (Phi) is 6.71. The molecule has 1 unspecified atom stereocenters. The number of carbonyl (C=O) groups excluding carboxylic acids is 1. The number of aliphatic hydroxyl groups excluding tert-OH is 1. The van der Waals surface area contributed by atoms with E-state index in [9.17, 15) is 15.0 Å². The third-order valence-electron chi connectivity index (χ3n) is 5.78. The molecule has 2 aromatic carbocycles. The second-order valence-electron chi connectivity index (χ2n) is 8.80. The quantitative estimate of drug-likeness (QED) is 0.302. The van der Waals surface area contributed by atoms with E-state index >= 15 is 0 Å². The summed E-state index contributed by atoms with van der Waals surface area (Å²) in [6.07, 6.45) is 0.494. The number of aromatic amines is 1. The standard InChI is InChI=1S/C24H29N5O5/c1-24(2,11-10-19-26-23(29-28-19)15-6-4-5-7-18(15)33-3)25-12-17(31)14-8-9-16(30)21-22(14)34-13-20(32)27-21/h4-9,17,25,30-31H,10-13H2,1-3H3,(H,27,32)(H,26,28,29). The smallest absolute Gasteiger partial charge is 0.262 e. The second-order valence-corrected chi connectivity index (χ2v) is 8.80. The number of phenolic OH excluding ortho intramolecular Hbond substituents is 1. The molecule has 34 heavy (non-hydrogen) atoms. The lowest BCUT2D eigenvalue weighted by Crippen LogP contribution is -2.42. The molecule has 1 aliphatic rings. The van der Waals surface area contributed by atoms with Crippen molar-refractivity contribution in [2.24, 2.45) is 0 Å². The number of para-hydroxylation sites is 1. The number of methoxy groups -OCH3 is 1. The summed E-state index contributed by atoms with van der Waals surface area (Å²) in [5, 5.41) is 34.1. The van der Waals surface area contributed by atoms with Crippen molar-refractivity contribution in [2.45, 2.75) is 38.3 Å². The van der Waals surface area contributed by atoms with Gasteiger partial charge in [-0.25, -0.2) is 4.98 Å². The number of aliphatic hydroxyl groups is 1. The molecule has 3 aromatic rings. The molecular weight excluding hydrogens is 438 g/mol. The number of aromatic hydroxyl groups is 1. The van der Waals surface area contributed by atoms with E-state index in [1.54, 1.807) is 13.2 Å². The maximum atomic E-state index is 11.6. The maximum Gasteiger partial charge on any atom is 0.262 e. The molecule has 1 amide bonds. The first kappa shape index (κ1) is 23.5. The fraction of sp³-hybridized carbons (Fsp3) is 0.375. The first-order valence-corrected chi connectivity index (χ1v) is 11.0. The Balaban J connectivity index is 1.36. The number of amides is 1. The zero-order valence-corrected chi connectivity index (χ0v) is 19.4. The molecule has 1 atom stereocenters. The summed E-state index contributed by atoms with van der Waals surface area (Å²) < 4.78 is 10.9. The monoisotopic (exact) mass is 467 g/mol. The van der Waals surface area contributed by atoms with Crippen LogP contribution in [0.4, 0.5) is 5.69 Å². The minimum absolute atomic E-state index is 0.105. The fourth-order valence-corrected chi connectivity index (χ4v) is 3.80. The van der Waals surface area contributed by atoms with Gasteiger partial charge in [0.1, 0.15) is 23.0 Å². The number of ether oxygens (including phenoxy) is 2. The molecule has 0 radical (unpaired) electrons. The van der Waals surface area contributed by atoms with E-state index in [1.165, 1.54) is 6.07 Å². The summed E-state index contributed by atoms with van der Waals surface area (Å²) in [5.74, 6) is 1.88. The van der Waals surface area contributed by atoms with Gasteiger partial charge in [0.15, 0.2) is 18.2 Å². The summed E-state index contributed by atoms with van der Waals surface area (Å²) >= 11 is 0. The first-order valence-electron chi connectivity index (χ1n) is 11.0. The van der Waals surface area contributed by atoms with Gasteiger partial charge in [-0.3, -0.25) is 9.89 Å². The van der Waals surface area contributed by atoms with E-state index in [4.69, 9.17) is 9.47 Å². The molecule has 0 fully saturated rings. The summed E-state index contributed by atoms with van der Waals surface area (Å²) in [7, 11) is 1.62. The number of fused-ring (bicyclic) bond motifs is 1. The van der Waals surface area contributed by atoms with Crippen LogP contribution in [0.3, 0.4) is 0 Å². The van der Waals surface area contributed by atoms with E-state index < -0.39 is 6.10 Å². The first-order chi connectivity index (χ1) is 16.3. The highest BCUT2D eigenvalue weighted by Crippen LogP contribution is 2.41. The number of aryl methyl sites for hydroxylation is 1. The van der Waals surface area contributed by atoms with Gasteiger partial charge in [-0.1, -0.05) is 12.1 Å². The number of hydrogen-bond donors (Lipinski definition) is 5. The molecule has 0 saturated heterocycles. The Morgan fingerprint density at radius 3 is 2.85 bits per heavy atom. The third-order valence-corrected chi connectivity index (χ3v) is 5.78. The van der Waals surface area contributed by atoms with Crippen LogP contribution in [0.25, 0.3) is 11.4 Å². The minimum Gasteiger partial charge on any atom is -0.506 e. The van der Waals surface area contributed by atoms with Gasteiger partial charge in [-0.15, -0.1) is 0 Å². The topological polar surface area (TPSA) is 142 Å². The minimum atomic E-state index is -0.897. The van der Waals surface area contributed by atoms with Crippen molar-refractivity contribution in [1.29, 1.82) is 0 Å². The van der Waals surface area contributed by atoms with E-state index in [0.29, 0.717) is 23.6 Å². The number of β-amino-alcohol motifs (C(OH)–C–C–N with tert-alkyl or cyclic N) is 1. The Hall–Kier alpha value is -3.63. The molecule has 0 saturated carbocycles.